The van der Waals surface area contributed by atoms with Crippen molar-refractivity contribution in [2.75, 3.05) is 0 Å². The maximum atomic E-state index is 13.2. The summed E-state index contributed by atoms with van der Waals surface area (Å²) >= 11 is 0. The Bertz CT molecular complexity index is 418. The normalized spacial score (nSPS) is 11.6. The van der Waals surface area contributed by atoms with Gasteiger partial charge in [0.15, 0.2) is 0 Å². The van der Waals surface area contributed by atoms with Gasteiger partial charge in [0.25, 0.3) is 0 Å². The molecule has 93 valence electrons. The number of nitrogens with two attached hydrogens (primary N) is 1. The van der Waals surface area contributed by atoms with Crippen LogP contribution in [0.3, 0.4) is 0 Å². The summed E-state index contributed by atoms with van der Waals surface area (Å²) in [5.74, 6) is -3.62. The van der Waals surface area contributed by atoms with Crippen molar-refractivity contribution in [3.05, 3.63) is 41.3 Å². The third kappa shape index (κ3) is 3.40. The van der Waals surface area contributed by atoms with E-state index in [-0.39, 0.29) is 12.1 Å². The molecular formula is C10H7F5NO. The van der Waals surface area contributed by atoms with Gasteiger partial charge in [0.05, 0.1) is 5.56 Å². The van der Waals surface area contributed by atoms with Crippen LogP contribution in [0.1, 0.15) is 17.5 Å². The number of amides is 1. The first kappa shape index (κ1) is 13.4. The molecule has 1 radical (unpaired) electrons. The van der Waals surface area contributed by atoms with E-state index < -0.39 is 41.3 Å². The van der Waals surface area contributed by atoms with Crippen molar-refractivity contribution in [1.29, 1.82) is 0 Å². The highest BCUT2D eigenvalue weighted by Gasteiger charge is 2.32. The first-order valence-corrected chi connectivity index (χ1v) is 4.39. The minimum absolute atomic E-state index is 0.163. The van der Waals surface area contributed by atoms with Gasteiger partial charge in [-0.15, -0.1) is 0 Å². The van der Waals surface area contributed by atoms with E-state index in [1.54, 1.807) is 0 Å². The predicted molar refractivity (Wildman–Crippen MR) is 48.6 cm³/mol. The molecule has 0 atom stereocenters. The third-order valence-electron chi connectivity index (χ3n) is 1.91. The van der Waals surface area contributed by atoms with E-state index in [4.69, 9.17) is 5.73 Å². The molecule has 0 aliphatic carbocycles. The smallest absolute Gasteiger partial charge is 0.370 e. The third-order valence-corrected chi connectivity index (χ3v) is 1.91. The molecule has 0 saturated carbocycles. The topological polar surface area (TPSA) is 43.1 Å². The number of primary amides is 1. The minimum atomic E-state index is -4.83. The van der Waals surface area contributed by atoms with Gasteiger partial charge in [-0.2, -0.15) is 13.2 Å². The fourth-order valence-corrected chi connectivity index (χ4v) is 1.15. The summed E-state index contributed by atoms with van der Waals surface area (Å²) in [6.45, 7) is 0. The maximum Gasteiger partial charge on any atom is 0.416 e. The Morgan fingerprint density at radius 1 is 1.24 bits per heavy atom. The Morgan fingerprint density at radius 2 is 1.71 bits per heavy atom. The Kier molecular flexibility index (Phi) is 3.69. The Hall–Kier alpha value is -1.66. The van der Waals surface area contributed by atoms with Crippen LogP contribution in [0, 0.1) is 18.1 Å². The highest BCUT2D eigenvalue weighted by molar-refractivity contribution is 5.75. The first-order chi connectivity index (χ1) is 7.71. The number of rotatable bonds is 3. The van der Waals surface area contributed by atoms with Crippen molar-refractivity contribution >= 4 is 5.91 Å². The quantitative estimate of drug-likeness (QED) is 0.825. The molecule has 2 nitrogen and oxygen atoms in total. The van der Waals surface area contributed by atoms with Gasteiger partial charge in [0, 0.05) is 18.4 Å². The summed E-state index contributed by atoms with van der Waals surface area (Å²) in [7, 11) is 0. The lowest BCUT2D eigenvalue weighted by molar-refractivity contribution is -0.138. The molecule has 0 saturated heterocycles. The van der Waals surface area contributed by atoms with Crippen molar-refractivity contribution in [3.63, 3.8) is 0 Å². The van der Waals surface area contributed by atoms with Gasteiger partial charge in [0.1, 0.15) is 11.6 Å². The molecule has 0 fully saturated rings. The lowest BCUT2D eigenvalue weighted by atomic mass is 10.0. The van der Waals surface area contributed by atoms with Gasteiger partial charge >= 0.3 is 6.18 Å². The van der Waals surface area contributed by atoms with Crippen LogP contribution in [0.2, 0.25) is 0 Å². The largest absolute Gasteiger partial charge is 0.416 e. The molecule has 0 bridgehead atoms. The Labute approximate surface area is 93.2 Å². The summed E-state index contributed by atoms with van der Waals surface area (Å²) < 4.78 is 62.9. The van der Waals surface area contributed by atoms with Crippen LogP contribution >= 0.6 is 0 Å². The zero-order chi connectivity index (χ0) is 13.2. The standard InChI is InChI=1S/C10H7F5NO/c11-7-3-5(10(13,14)15)4-8(12)6(7)1-2-9(16)17/h1,3-4H,2H2,(H2,16,17). The molecule has 0 spiro atoms. The zero-order valence-corrected chi connectivity index (χ0v) is 8.31. The van der Waals surface area contributed by atoms with Gasteiger partial charge < -0.3 is 5.73 Å². The van der Waals surface area contributed by atoms with Crippen molar-refractivity contribution in [3.8, 4) is 0 Å². The maximum absolute atomic E-state index is 13.2. The molecule has 1 aromatic carbocycles. The van der Waals surface area contributed by atoms with Crippen LogP contribution in [-0.4, -0.2) is 5.91 Å². The molecule has 7 heteroatoms. The average molecular weight is 252 g/mol. The van der Waals surface area contributed by atoms with Crippen molar-refractivity contribution in [2.24, 2.45) is 5.73 Å². The van der Waals surface area contributed by atoms with Crippen molar-refractivity contribution in [2.45, 2.75) is 12.6 Å². The van der Waals surface area contributed by atoms with Crippen molar-refractivity contribution in [1.82, 2.24) is 0 Å². The molecule has 0 unspecified atom stereocenters. The van der Waals surface area contributed by atoms with E-state index in [9.17, 15) is 26.7 Å². The van der Waals surface area contributed by atoms with Gasteiger partial charge in [-0.25, -0.2) is 8.78 Å². The van der Waals surface area contributed by atoms with E-state index in [1.165, 1.54) is 0 Å². The number of alkyl halides is 3. The van der Waals surface area contributed by atoms with Crippen LogP contribution in [0.5, 0.6) is 0 Å². The van der Waals surface area contributed by atoms with Gasteiger partial charge in [-0.3, -0.25) is 4.79 Å². The minimum Gasteiger partial charge on any atom is -0.370 e. The number of hydrogen-bond acceptors (Lipinski definition) is 1. The summed E-state index contributed by atoms with van der Waals surface area (Å²) in [6, 6.07) is 0.325. The van der Waals surface area contributed by atoms with Gasteiger partial charge in [-0.1, -0.05) is 0 Å². The number of carbonyl (C=O) groups is 1. The van der Waals surface area contributed by atoms with E-state index in [0.29, 0.717) is 0 Å². The molecule has 0 aromatic heterocycles. The fourth-order valence-electron chi connectivity index (χ4n) is 1.15. The number of carbonyl (C=O) groups excluding carboxylic acids is 1. The lowest BCUT2D eigenvalue weighted by Gasteiger charge is -2.09. The van der Waals surface area contributed by atoms with E-state index in [1.807, 2.05) is 0 Å². The zero-order valence-electron chi connectivity index (χ0n) is 8.31. The molecular weight excluding hydrogens is 245 g/mol. The monoisotopic (exact) mass is 252 g/mol. The summed E-state index contributed by atoms with van der Waals surface area (Å²) in [5, 5.41) is 0. The van der Waals surface area contributed by atoms with Crippen LogP contribution in [0.15, 0.2) is 12.1 Å². The Morgan fingerprint density at radius 3 is 2.06 bits per heavy atom. The second-order valence-corrected chi connectivity index (χ2v) is 3.23. The number of halogens is 5. The molecule has 1 amide bonds. The van der Waals surface area contributed by atoms with Crippen LogP contribution in [0.25, 0.3) is 0 Å². The second kappa shape index (κ2) is 4.68. The highest BCUT2D eigenvalue weighted by Crippen LogP contribution is 2.31. The molecule has 0 heterocycles. The highest BCUT2D eigenvalue weighted by atomic mass is 19.4. The van der Waals surface area contributed by atoms with Crippen LogP contribution < -0.4 is 5.73 Å². The summed E-state index contributed by atoms with van der Waals surface area (Å²) in [5.41, 5.74) is 2.62. The van der Waals surface area contributed by atoms with Crippen LogP contribution in [-0.2, 0) is 11.0 Å². The van der Waals surface area contributed by atoms with Crippen molar-refractivity contribution < 1.29 is 26.7 Å². The average Bonchev–Trinajstić information content (AvgIpc) is 2.14. The molecule has 1 aromatic rings. The second-order valence-electron chi connectivity index (χ2n) is 3.23. The van der Waals surface area contributed by atoms with Crippen LogP contribution in [0.4, 0.5) is 22.0 Å². The predicted octanol–water partition coefficient (Wildman–Crippen LogP) is 2.41. The van der Waals surface area contributed by atoms with E-state index in [0.717, 1.165) is 6.42 Å². The number of benzene rings is 1. The molecule has 1 rings (SSSR count). The first-order valence-electron chi connectivity index (χ1n) is 4.39. The van der Waals surface area contributed by atoms with Gasteiger partial charge in [0.2, 0.25) is 5.91 Å². The molecule has 0 aliphatic rings. The molecule has 17 heavy (non-hydrogen) atoms. The Balaban J connectivity index is 3.07. The SMILES string of the molecule is NC(=O)C[CH]c1c(F)cc(C(F)(F)F)cc1F. The lowest BCUT2D eigenvalue weighted by Crippen LogP contribution is -2.12. The fraction of sp³-hybridized carbons (Fsp3) is 0.200. The van der Waals surface area contributed by atoms with E-state index >= 15 is 0 Å². The summed E-state index contributed by atoms with van der Waals surface area (Å²) in [6.07, 6.45) is -4.49. The van der Waals surface area contributed by atoms with E-state index in [2.05, 4.69) is 0 Å². The molecule has 2 N–H and O–H groups in total. The molecule has 0 aliphatic heterocycles. The van der Waals surface area contributed by atoms with Gasteiger partial charge in [-0.05, 0) is 12.1 Å². The summed E-state index contributed by atoms with van der Waals surface area (Å²) in [4.78, 5) is 10.4. The number of hydrogen-bond donors (Lipinski definition) is 1.